The first kappa shape index (κ1) is 27.9. The van der Waals surface area contributed by atoms with Crippen LogP contribution in [-0.2, 0) is 22.4 Å². The molecule has 1 unspecified atom stereocenters. The Labute approximate surface area is 239 Å². The van der Waals surface area contributed by atoms with Gasteiger partial charge in [0.15, 0.2) is 6.10 Å². The van der Waals surface area contributed by atoms with E-state index in [1.54, 1.807) is 23.1 Å². The molecule has 2 aliphatic rings. The van der Waals surface area contributed by atoms with Crippen molar-refractivity contribution in [2.45, 2.75) is 44.0 Å². The summed E-state index contributed by atoms with van der Waals surface area (Å²) >= 11 is 19.9. The predicted molar refractivity (Wildman–Crippen MR) is 143 cm³/mol. The number of nitrogens with zero attached hydrogens (tertiary/aromatic N) is 4. The lowest BCUT2D eigenvalue weighted by Gasteiger charge is -2.31. The van der Waals surface area contributed by atoms with Crippen molar-refractivity contribution >= 4 is 57.8 Å². The van der Waals surface area contributed by atoms with Gasteiger partial charge in [0, 0.05) is 52.6 Å². The Morgan fingerprint density at radius 1 is 1.15 bits per heavy atom. The summed E-state index contributed by atoms with van der Waals surface area (Å²) in [5.41, 5.74) is -0.624. The molecule has 7 nitrogen and oxygen atoms in total. The summed E-state index contributed by atoms with van der Waals surface area (Å²) in [5.74, 6) is -0.345. The van der Waals surface area contributed by atoms with Crippen molar-refractivity contribution in [2.75, 3.05) is 13.1 Å². The third-order valence-corrected chi connectivity index (χ3v) is 8.54. The molecule has 2 aliphatic heterocycles. The van der Waals surface area contributed by atoms with Crippen LogP contribution in [0.2, 0.25) is 15.1 Å². The van der Waals surface area contributed by atoms with Crippen molar-refractivity contribution in [3.05, 3.63) is 83.1 Å². The van der Waals surface area contributed by atoms with E-state index in [4.69, 9.17) is 44.6 Å². The van der Waals surface area contributed by atoms with Crippen molar-refractivity contribution in [1.29, 1.82) is 0 Å². The third-order valence-electron chi connectivity index (χ3n) is 6.67. The molecule has 0 spiro atoms. The second-order valence-electron chi connectivity index (χ2n) is 9.20. The first-order valence-corrected chi connectivity index (χ1v) is 13.9. The Bertz CT molecular complexity index is 1480. The van der Waals surface area contributed by atoms with Crippen LogP contribution in [0.4, 0.5) is 13.2 Å². The van der Waals surface area contributed by atoms with Crippen LogP contribution in [0.15, 0.2) is 45.8 Å². The van der Waals surface area contributed by atoms with Crippen molar-refractivity contribution in [3.63, 3.8) is 0 Å². The molecular formula is C25H20Cl3F3N4O3S. The topological polar surface area (TPSA) is 76.8 Å². The van der Waals surface area contributed by atoms with E-state index in [-0.39, 0.29) is 10.9 Å². The maximum Gasteiger partial charge on any atom is 0.421 e. The van der Waals surface area contributed by atoms with Crippen LogP contribution < -0.4 is 5.56 Å². The van der Waals surface area contributed by atoms with Crippen molar-refractivity contribution in [1.82, 2.24) is 14.5 Å². The highest BCUT2D eigenvalue weighted by Crippen LogP contribution is 2.39. The monoisotopic (exact) mass is 618 g/mol. The number of hydrogen-bond donors (Lipinski definition) is 0. The maximum atomic E-state index is 13.1. The van der Waals surface area contributed by atoms with Gasteiger partial charge in [0.25, 0.3) is 5.56 Å². The van der Waals surface area contributed by atoms with Crippen LogP contribution in [0.3, 0.4) is 0 Å². The summed E-state index contributed by atoms with van der Waals surface area (Å²) in [6, 6.07) is 5.82. The molecule has 4 heterocycles. The number of halogens is 6. The summed E-state index contributed by atoms with van der Waals surface area (Å²) in [6.45, 7) is 0.249. The number of hydrogen-bond acceptors (Lipinski definition) is 6. The minimum absolute atomic E-state index is 0.107. The standard InChI is InChI=1S/C25H20Cl3F3N4O3S/c26-14-8-15(25(29,30)31)24(37)35(10-14)11-21(36)34-6-4-13(5-7-34)23-32-19(12-39-23)18-9-20(38-33-18)22-16(27)2-1-3-17(22)28/h1-3,8,10,12-13,20H,4-7,9,11H2. The number of aromatic nitrogens is 2. The number of carbonyl (C=O) groups is 1. The fourth-order valence-corrected chi connectivity index (χ4v) is 6.52. The average Bonchev–Trinajstić information content (AvgIpc) is 3.56. The van der Waals surface area contributed by atoms with Crippen LogP contribution in [0.5, 0.6) is 0 Å². The van der Waals surface area contributed by atoms with Crippen molar-refractivity contribution < 1.29 is 22.8 Å². The fourth-order valence-electron chi connectivity index (χ4n) is 4.65. The molecule has 1 saturated heterocycles. The smallest absolute Gasteiger partial charge is 0.387 e. The zero-order valence-corrected chi connectivity index (χ0v) is 23.1. The molecule has 2 aromatic heterocycles. The minimum Gasteiger partial charge on any atom is -0.387 e. The molecule has 0 radical (unpaired) electrons. The van der Waals surface area contributed by atoms with Crippen LogP contribution in [0.25, 0.3) is 0 Å². The number of thiazole rings is 1. The Kier molecular flexibility index (Phi) is 7.96. The molecule has 1 fully saturated rings. The molecule has 1 aromatic carbocycles. The number of amides is 1. The lowest BCUT2D eigenvalue weighted by molar-refractivity contribution is -0.139. The van der Waals surface area contributed by atoms with Crippen LogP contribution in [0.1, 0.15) is 53.1 Å². The normalized spacial score (nSPS) is 18.3. The SMILES string of the molecule is O=C(Cn1cc(Cl)cc(C(F)(F)F)c1=O)N1CCC(c2nc(C3=NOC(c4c(Cl)cccc4Cl)C3)cs2)CC1. The van der Waals surface area contributed by atoms with Gasteiger partial charge in [-0.2, -0.15) is 13.2 Å². The molecule has 206 valence electrons. The van der Waals surface area contributed by atoms with E-state index < -0.39 is 35.9 Å². The largest absolute Gasteiger partial charge is 0.421 e. The van der Waals surface area contributed by atoms with Gasteiger partial charge in [-0.05, 0) is 31.0 Å². The summed E-state index contributed by atoms with van der Waals surface area (Å²) in [6.07, 6.45) is -2.51. The molecule has 0 bridgehead atoms. The van der Waals surface area contributed by atoms with E-state index in [1.165, 1.54) is 11.3 Å². The number of alkyl halides is 3. The van der Waals surface area contributed by atoms with Gasteiger partial charge >= 0.3 is 6.18 Å². The summed E-state index contributed by atoms with van der Waals surface area (Å²) in [5, 5.41) is 7.75. The zero-order valence-electron chi connectivity index (χ0n) is 20.1. The number of piperidine rings is 1. The second-order valence-corrected chi connectivity index (χ2v) is 11.3. The van der Waals surface area contributed by atoms with Gasteiger partial charge in [0.2, 0.25) is 5.91 Å². The number of likely N-dealkylation sites (tertiary alicyclic amines) is 1. The van der Waals surface area contributed by atoms with E-state index in [9.17, 15) is 22.8 Å². The molecular weight excluding hydrogens is 600 g/mol. The number of oxime groups is 1. The summed E-state index contributed by atoms with van der Waals surface area (Å²) < 4.78 is 40.1. The van der Waals surface area contributed by atoms with Gasteiger partial charge in [0.05, 0.1) is 15.7 Å². The van der Waals surface area contributed by atoms with Gasteiger partial charge in [-0.15, -0.1) is 11.3 Å². The second kappa shape index (κ2) is 11.1. The third kappa shape index (κ3) is 5.96. The van der Waals surface area contributed by atoms with E-state index in [0.29, 0.717) is 70.0 Å². The van der Waals surface area contributed by atoms with Gasteiger partial charge in [0.1, 0.15) is 17.8 Å². The van der Waals surface area contributed by atoms with E-state index >= 15 is 0 Å². The van der Waals surface area contributed by atoms with Gasteiger partial charge < -0.3 is 14.3 Å². The lowest BCUT2D eigenvalue weighted by atomic mass is 9.97. The number of carbonyl (C=O) groups excluding carboxylic acids is 1. The molecule has 3 aromatic rings. The van der Waals surface area contributed by atoms with Crippen molar-refractivity contribution in [3.8, 4) is 0 Å². The molecule has 5 rings (SSSR count). The average molecular weight is 620 g/mol. The highest BCUT2D eigenvalue weighted by molar-refractivity contribution is 7.10. The Hall–Kier alpha value is -2.60. The van der Waals surface area contributed by atoms with Gasteiger partial charge in [-0.3, -0.25) is 9.59 Å². The first-order valence-electron chi connectivity index (χ1n) is 11.9. The fraction of sp³-hybridized carbons (Fsp3) is 0.360. The molecule has 0 aliphatic carbocycles. The highest BCUT2D eigenvalue weighted by Gasteiger charge is 2.36. The van der Waals surface area contributed by atoms with Crippen LogP contribution in [-0.4, -0.2) is 39.2 Å². The maximum absolute atomic E-state index is 13.1. The van der Waals surface area contributed by atoms with Crippen LogP contribution in [0, 0.1) is 0 Å². The Morgan fingerprint density at radius 2 is 1.85 bits per heavy atom. The number of benzene rings is 1. The molecule has 39 heavy (non-hydrogen) atoms. The highest BCUT2D eigenvalue weighted by atomic mass is 35.5. The number of pyridine rings is 1. The first-order chi connectivity index (χ1) is 18.5. The van der Waals surface area contributed by atoms with E-state index in [1.807, 2.05) is 5.38 Å². The van der Waals surface area contributed by atoms with Gasteiger partial charge in [-0.25, -0.2) is 4.98 Å². The molecule has 14 heteroatoms. The molecule has 0 N–H and O–H groups in total. The number of rotatable bonds is 5. The summed E-state index contributed by atoms with van der Waals surface area (Å²) in [7, 11) is 0. The van der Waals surface area contributed by atoms with E-state index in [2.05, 4.69) is 5.16 Å². The Balaban J connectivity index is 1.19. The molecule has 1 atom stereocenters. The van der Waals surface area contributed by atoms with Crippen molar-refractivity contribution in [2.24, 2.45) is 5.16 Å². The Morgan fingerprint density at radius 3 is 2.51 bits per heavy atom. The zero-order chi connectivity index (χ0) is 27.9. The predicted octanol–water partition coefficient (Wildman–Crippen LogP) is 6.56. The summed E-state index contributed by atoms with van der Waals surface area (Å²) in [4.78, 5) is 36.9. The molecule has 1 amide bonds. The van der Waals surface area contributed by atoms with Crippen LogP contribution >= 0.6 is 46.1 Å². The minimum atomic E-state index is -4.86. The van der Waals surface area contributed by atoms with Gasteiger partial charge in [-0.1, -0.05) is 46.0 Å². The lowest BCUT2D eigenvalue weighted by Crippen LogP contribution is -2.41. The van der Waals surface area contributed by atoms with E-state index in [0.717, 1.165) is 11.2 Å². The quantitative estimate of drug-likeness (QED) is 0.324. The molecule has 0 saturated carbocycles.